The third-order valence-corrected chi connectivity index (χ3v) is 2.88. The molecule has 0 aliphatic carbocycles. The van der Waals surface area contributed by atoms with Gasteiger partial charge in [0.2, 0.25) is 0 Å². The van der Waals surface area contributed by atoms with Crippen LogP contribution in [0.4, 0.5) is 5.82 Å². The summed E-state index contributed by atoms with van der Waals surface area (Å²) in [5.74, 6) is 6.76. The lowest BCUT2D eigenvalue weighted by atomic mass is 10.2. The van der Waals surface area contributed by atoms with Crippen LogP contribution in [0.1, 0.15) is 38.9 Å². The summed E-state index contributed by atoms with van der Waals surface area (Å²) in [6, 6.07) is 2.19. The van der Waals surface area contributed by atoms with Crippen molar-refractivity contribution in [2.75, 3.05) is 5.43 Å². The van der Waals surface area contributed by atoms with E-state index in [4.69, 9.17) is 5.84 Å². The Kier molecular flexibility index (Phi) is 4.11. The van der Waals surface area contributed by atoms with E-state index in [1.807, 2.05) is 10.6 Å². The summed E-state index contributed by atoms with van der Waals surface area (Å²) in [6.07, 6.45) is 5.51. The van der Waals surface area contributed by atoms with Gasteiger partial charge in [0, 0.05) is 17.8 Å². The Bertz CT molecular complexity index is 546. The molecular formula is C13H20N6. The SMILES string of the molecule is CCCc1cc(NN)nc(-c2cncn2C(C)C)n1. The van der Waals surface area contributed by atoms with E-state index in [2.05, 4.69) is 41.1 Å². The Morgan fingerprint density at radius 2 is 2.16 bits per heavy atom. The summed E-state index contributed by atoms with van der Waals surface area (Å²) in [6.45, 7) is 6.32. The van der Waals surface area contributed by atoms with E-state index in [-0.39, 0.29) is 0 Å². The smallest absolute Gasteiger partial charge is 0.180 e. The summed E-state index contributed by atoms with van der Waals surface area (Å²) in [4.78, 5) is 13.2. The van der Waals surface area contributed by atoms with Crippen LogP contribution in [0.25, 0.3) is 11.5 Å². The van der Waals surface area contributed by atoms with Crippen LogP contribution in [0.15, 0.2) is 18.6 Å². The molecule has 0 atom stereocenters. The number of aryl methyl sites for hydroxylation is 1. The first-order chi connectivity index (χ1) is 9.15. The van der Waals surface area contributed by atoms with Crippen LogP contribution in [0.2, 0.25) is 0 Å². The summed E-state index contributed by atoms with van der Waals surface area (Å²) in [5.41, 5.74) is 4.49. The number of nitrogen functional groups attached to an aromatic ring is 1. The van der Waals surface area contributed by atoms with Gasteiger partial charge in [-0.05, 0) is 20.3 Å². The molecule has 0 aliphatic rings. The second kappa shape index (κ2) is 5.79. The highest BCUT2D eigenvalue weighted by atomic mass is 15.3. The first kappa shape index (κ1) is 13.5. The van der Waals surface area contributed by atoms with Crippen molar-refractivity contribution >= 4 is 5.82 Å². The Hall–Kier alpha value is -1.95. The van der Waals surface area contributed by atoms with E-state index in [9.17, 15) is 0 Å². The van der Waals surface area contributed by atoms with Crippen molar-refractivity contribution in [2.45, 2.75) is 39.7 Å². The summed E-state index contributed by atoms with van der Waals surface area (Å²) < 4.78 is 2.05. The second-order valence-corrected chi connectivity index (χ2v) is 4.74. The summed E-state index contributed by atoms with van der Waals surface area (Å²) >= 11 is 0. The van der Waals surface area contributed by atoms with Crippen LogP contribution in [-0.2, 0) is 6.42 Å². The van der Waals surface area contributed by atoms with Crippen molar-refractivity contribution in [3.05, 3.63) is 24.3 Å². The van der Waals surface area contributed by atoms with Gasteiger partial charge in [-0.3, -0.25) is 0 Å². The standard InChI is InChI=1S/C13H20N6/c1-4-5-10-6-12(18-14)17-13(16-10)11-7-15-8-19(11)9(2)3/h6-9H,4-5,14H2,1-3H3,(H,16,17,18). The van der Waals surface area contributed by atoms with Crippen molar-refractivity contribution in [1.82, 2.24) is 19.5 Å². The highest BCUT2D eigenvalue weighted by molar-refractivity contribution is 5.53. The number of nitrogens with one attached hydrogen (secondary N) is 1. The van der Waals surface area contributed by atoms with Crippen LogP contribution in [-0.4, -0.2) is 19.5 Å². The largest absolute Gasteiger partial charge is 0.325 e. The molecule has 0 aromatic carbocycles. The minimum atomic E-state index is 0.310. The first-order valence-corrected chi connectivity index (χ1v) is 6.52. The maximum atomic E-state index is 5.47. The molecule has 0 fully saturated rings. The average Bonchev–Trinajstić information content (AvgIpc) is 2.88. The lowest BCUT2D eigenvalue weighted by Gasteiger charge is -2.12. The Balaban J connectivity index is 2.48. The molecule has 0 amide bonds. The van der Waals surface area contributed by atoms with E-state index < -0.39 is 0 Å². The Labute approximate surface area is 113 Å². The highest BCUT2D eigenvalue weighted by Gasteiger charge is 2.12. The van der Waals surface area contributed by atoms with Gasteiger partial charge in [-0.15, -0.1) is 0 Å². The molecule has 0 saturated carbocycles. The number of imidazole rings is 1. The summed E-state index contributed by atoms with van der Waals surface area (Å²) in [5, 5.41) is 0. The molecule has 0 saturated heterocycles. The second-order valence-electron chi connectivity index (χ2n) is 4.74. The van der Waals surface area contributed by atoms with Gasteiger partial charge in [0.1, 0.15) is 11.5 Å². The molecule has 0 unspecified atom stereocenters. The molecule has 0 radical (unpaired) electrons. The van der Waals surface area contributed by atoms with Crippen LogP contribution >= 0.6 is 0 Å². The number of aromatic nitrogens is 4. The average molecular weight is 260 g/mol. The Morgan fingerprint density at radius 1 is 1.37 bits per heavy atom. The Morgan fingerprint density at radius 3 is 2.79 bits per heavy atom. The summed E-state index contributed by atoms with van der Waals surface area (Å²) in [7, 11) is 0. The predicted molar refractivity (Wildman–Crippen MR) is 75.4 cm³/mol. The van der Waals surface area contributed by atoms with Gasteiger partial charge in [0.05, 0.1) is 12.5 Å². The van der Waals surface area contributed by atoms with Crippen molar-refractivity contribution in [3.63, 3.8) is 0 Å². The fourth-order valence-electron chi connectivity index (χ4n) is 1.96. The number of hydrogen-bond acceptors (Lipinski definition) is 5. The van der Waals surface area contributed by atoms with E-state index in [1.165, 1.54) is 0 Å². The van der Waals surface area contributed by atoms with Crippen LogP contribution in [0, 0.1) is 0 Å². The minimum Gasteiger partial charge on any atom is -0.325 e. The van der Waals surface area contributed by atoms with Crippen molar-refractivity contribution in [3.8, 4) is 11.5 Å². The molecule has 2 aromatic rings. The number of rotatable bonds is 5. The molecule has 0 aliphatic heterocycles. The van der Waals surface area contributed by atoms with Gasteiger partial charge in [-0.25, -0.2) is 20.8 Å². The maximum Gasteiger partial charge on any atom is 0.180 e. The van der Waals surface area contributed by atoms with Gasteiger partial charge >= 0.3 is 0 Å². The molecule has 2 heterocycles. The molecule has 2 aromatic heterocycles. The van der Waals surface area contributed by atoms with Gasteiger partial charge in [-0.1, -0.05) is 13.3 Å². The third kappa shape index (κ3) is 2.90. The van der Waals surface area contributed by atoms with Gasteiger partial charge in [-0.2, -0.15) is 0 Å². The zero-order chi connectivity index (χ0) is 13.8. The minimum absolute atomic E-state index is 0.310. The third-order valence-electron chi connectivity index (χ3n) is 2.88. The zero-order valence-electron chi connectivity index (χ0n) is 11.6. The lowest BCUT2D eigenvalue weighted by Crippen LogP contribution is -2.11. The number of hydrogen-bond donors (Lipinski definition) is 2. The van der Waals surface area contributed by atoms with Gasteiger partial charge in [0.25, 0.3) is 0 Å². The topological polar surface area (TPSA) is 81.6 Å². The van der Waals surface area contributed by atoms with Crippen molar-refractivity contribution < 1.29 is 0 Å². The monoisotopic (exact) mass is 260 g/mol. The maximum absolute atomic E-state index is 5.47. The normalized spacial score (nSPS) is 11.0. The van der Waals surface area contributed by atoms with E-state index >= 15 is 0 Å². The number of nitrogens with zero attached hydrogens (tertiary/aromatic N) is 4. The van der Waals surface area contributed by atoms with Crippen molar-refractivity contribution in [2.24, 2.45) is 5.84 Å². The first-order valence-electron chi connectivity index (χ1n) is 6.52. The van der Waals surface area contributed by atoms with E-state index in [1.54, 1.807) is 12.5 Å². The number of nitrogens with two attached hydrogens (primary N) is 1. The molecule has 19 heavy (non-hydrogen) atoms. The molecule has 3 N–H and O–H groups in total. The number of anilines is 1. The van der Waals surface area contributed by atoms with Crippen molar-refractivity contribution in [1.29, 1.82) is 0 Å². The predicted octanol–water partition coefficient (Wildman–Crippen LogP) is 2.16. The highest BCUT2D eigenvalue weighted by Crippen LogP contribution is 2.21. The van der Waals surface area contributed by atoms with Crippen LogP contribution in [0.5, 0.6) is 0 Å². The molecule has 0 bridgehead atoms. The molecule has 6 heteroatoms. The van der Waals surface area contributed by atoms with Crippen LogP contribution < -0.4 is 11.3 Å². The zero-order valence-corrected chi connectivity index (χ0v) is 11.6. The lowest BCUT2D eigenvalue weighted by molar-refractivity contribution is 0.603. The molecular weight excluding hydrogens is 240 g/mol. The molecule has 2 rings (SSSR count). The fraction of sp³-hybridized carbons (Fsp3) is 0.462. The van der Waals surface area contributed by atoms with Gasteiger partial charge in [0.15, 0.2) is 5.82 Å². The number of hydrazine groups is 1. The molecule has 0 spiro atoms. The van der Waals surface area contributed by atoms with Crippen LogP contribution in [0.3, 0.4) is 0 Å². The molecule has 102 valence electrons. The quantitative estimate of drug-likeness (QED) is 0.636. The van der Waals surface area contributed by atoms with E-state index in [0.29, 0.717) is 17.7 Å². The van der Waals surface area contributed by atoms with Gasteiger partial charge < -0.3 is 9.99 Å². The molecule has 6 nitrogen and oxygen atoms in total. The van der Waals surface area contributed by atoms with E-state index in [0.717, 1.165) is 24.2 Å². The fourth-order valence-corrected chi connectivity index (χ4v) is 1.96.